The van der Waals surface area contributed by atoms with Gasteiger partial charge in [-0.2, -0.15) is 0 Å². The molecule has 3 rings (SSSR count). The fourth-order valence-corrected chi connectivity index (χ4v) is 5.05. The van der Waals surface area contributed by atoms with Gasteiger partial charge in [-0.25, -0.2) is 8.42 Å². The number of likely N-dealkylation sites (tertiary alicyclic amines) is 1. The molecule has 0 spiro atoms. The highest BCUT2D eigenvalue weighted by molar-refractivity contribution is 7.93. The number of hydrogen-bond donors (Lipinski definition) is 0. The second-order valence-corrected chi connectivity index (χ2v) is 8.54. The molecular formula is C20H21ClN2O3S. The number of amides is 1. The predicted molar refractivity (Wildman–Crippen MR) is 108 cm³/mol. The summed E-state index contributed by atoms with van der Waals surface area (Å²) in [6, 6.07) is 13.1. The van der Waals surface area contributed by atoms with Crippen LogP contribution in [0, 0.1) is 0 Å². The summed E-state index contributed by atoms with van der Waals surface area (Å²) >= 11 is 6.22. The molecule has 5 nitrogen and oxygen atoms in total. The Hall–Kier alpha value is -2.31. The van der Waals surface area contributed by atoms with Crippen molar-refractivity contribution >= 4 is 33.2 Å². The van der Waals surface area contributed by atoms with Crippen molar-refractivity contribution in [2.45, 2.75) is 17.7 Å². The molecular weight excluding hydrogens is 384 g/mol. The lowest BCUT2D eigenvalue weighted by atomic mass is 10.2. The number of nitrogens with zero attached hydrogens (tertiary/aromatic N) is 2. The van der Waals surface area contributed by atoms with Gasteiger partial charge >= 0.3 is 0 Å². The number of carbonyl (C=O) groups is 1. The summed E-state index contributed by atoms with van der Waals surface area (Å²) in [5, 5.41) is 0.0814. The Morgan fingerprint density at radius 1 is 1.15 bits per heavy atom. The van der Waals surface area contributed by atoms with Crippen molar-refractivity contribution in [3.8, 4) is 0 Å². The Balaban J connectivity index is 2.03. The van der Waals surface area contributed by atoms with E-state index < -0.39 is 10.0 Å². The van der Waals surface area contributed by atoms with Crippen LogP contribution in [0.25, 0.3) is 0 Å². The van der Waals surface area contributed by atoms with Crippen molar-refractivity contribution in [2.75, 3.05) is 23.9 Å². The first kappa shape index (κ1) is 19.5. The number of para-hydroxylation sites is 1. The molecule has 27 heavy (non-hydrogen) atoms. The molecule has 1 heterocycles. The standard InChI is InChI=1S/C20H21ClN2O3S/c1-2-12-23(17-8-4-3-5-9-17)27(25,26)19-15-16(10-11-18(19)21)20(24)22-13-6-7-14-22/h2-5,8-11,15H,1,6-7,12-14H2. The van der Waals surface area contributed by atoms with Crippen LogP contribution in [-0.2, 0) is 10.0 Å². The zero-order valence-corrected chi connectivity index (χ0v) is 16.4. The molecule has 0 saturated carbocycles. The number of anilines is 1. The minimum absolute atomic E-state index is 0.0814. The van der Waals surface area contributed by atoms with E-state index >= 15 is 0 Å². The van der Waals surface area contributed by atoms with Gasteiger partial charge in [0.2, 0.25) is 0 Å². The molecule has 142 valence electrons. The first-order valence-electron chi connectivity index (χ1n) is 8.72. The van der Waals surface area contributed by atoms with Gasteiger partial charge in [0.25, 0.3) is 15.9 Å². The molecule has 1 aliphatic rings. The molecule has 0 aliphatic carbocycles. The molecule has 0 radical (unpaired) electrons. The van der Waals surface area contributed by atoms with Crippen molar-refractivity contribution in [2.24, 2.45) is 0 Å². The van der Waals surface area contributed by atoms with E-state index in [-0.39, 0.29) is 22.4 Å². The third-order valence-electron chi connectivity index (χ3n) is 4.48. The smallest absolute Gasteiger partial charge is 0.266 e. The lowest BCUT2D eigenvalue weighted by molar-refractivity contribution is 0.0792. The van der Waals surface area contributed by atoms with Gasteiger partial charge in [0.1, 0.15) is 4.90 Å². The van der Waals surface area contributed by atoms with E-state index in [1.165, 1.54) is 22.5 Å². The van der Waals surface area contributed by atoms with E-state index in [0.29, 0.717) is 24.3 Å². The van der Waals surface area contributed by atoms with Crippen LogP contribution in [0.5, 0.6) is 0 Å². The van der Waals surface area contributed by atoms with E-state index in [1.54, 1.807) is 35.2 Å². The van der Waals surface area contributed by atoms with Gasteiger partial charge in [0, 0.05) is 18.7 Å². The molecule has 2 aromatic rings. The normalized spacial score (nSPS) is 14.2. The molecule has 1 saturated heterocycles. The molecule has 1 aliphatic heterocycles. The summed E-state index contributed by atoms with van der Waals surface area (Å²) in [6.07, 6.45) is 3.44. The maximum Gasteiger partial charge on any atom is 0.266 e. The summed E-state index contributed by atoms with van der Waals surface area (Å²) < 4.78 is 27.8. The fraction of sp³-hybridized carbons (Fsp3) is 0.250. The van der Waals surface area contributed by atoms with Crippen LogP contribution in [0.1, 0.15) is 23.2 Å². The van der Waals surface area contributed by atoms with Gasteiger partial charge < -0.3 is 4.90 Å². The molecule has 0 unspecified atom stereocenters. The minimum atomic E-state index is -3.97. The van der Waals surface area contributed by atoms with E-state index in [9.17, 15) is 13.2 Å². The lowest BCUT2D eigenvalue weighted by Gasteiger charge is -2.24. The average molecular weight is 405 g/mol. The van der Waals surface area contributed by atoms with E-state index in [1.807, 2.05) is 6.07 Å². The molecule has 7 heteroatoms. The highest BCUT2D eigenvalue weighted by Gasteiger charge is 2.28. The molecule has 0 atom stereocenters. The average Bonchev–Trinajstić information content (AvgIpc) is 3.21. The SMILES string of the molecule is C=CCN(c1ccccc1)S(=O)(=O)c1cc(C(=O)N2CCCC2)ccc1Cl. The van der Waals surface area contributed by atoms with Crippen LogP contribution in [0.4, 0.5) is 5.69 Å². The van der Waals surface area contributed by atoms with Crippen molar-refractivity contribution < 1.29 is 13.2 Å². The summed E-state index contributed by atoms with van der Waals surface area (Å²) in [5.41, 5.74) is 0.830. The topological polar surface area (TPSA) is 57.7 Å². The Morgan fingerprint density at radius 2 is 1.81 bits per heavy atom. The van der Waals surface area contributed by atoms with Crippen molar-refractivity contribution in [3.05, 3.63) is 71.8 Å². The second-order valence-electron chi connectivity index (χ2n) is 6.30. The Kier molecular flexibility index (Phi) is 5.87. The van der Waals surface area contributed by atoms with Gasteiger partial charge in [0.15, 0.2) is 0 Å². The Morgan fingerprint density at radius 3 is 2.44 bits per heavy atom. The van der Waals surface area contributed by atoms with Crippen LogP contribution < -0.4 is 4.31 Å². The maximum atomic E-state index is 13.3. The number of benzene rings is 2. The summed E-state index contributed by atoms with van der Waals surface area (Å²) in [7, 11) is -3.97. The van der Waals surface area contributed by atoms with E-state index in [4.69, 9.17) is 11.6 Å². The molecule has 1 amide bonds. The summed E-state index contributed by atoms with van der Waals surface area (Å²) in [5.74, 6) is -0.171. The highest BCUT2D eigenvalue weighted by Crippen LogP contribution is 2.30. The van der Waals surface area contributed by atoms with Crippen LogP contribution in [-0.4, -0.2) is 38.9 Å². The van der Waals surface area contributed by atoms with Crippen LogP contribution in [0.15, 0.2) is 66.1 Å². The van der Waals surface area contributed by atoms with E-state index in [0.717, 1.165) is 12.8 Å². The summed E-state index contributed by atoms with van der Waals surface area (Å²) in [4.78, 5) is 14.3. The van der Waals surface area contributed by atoms with Crippen molar-refractivity contribution in [1.29, 1.82) is 0 Å². The number of sulfonamides is 1. The molecule has 2 aromatic carbocycles. The number of carbonyl (C=O) groups excluding carboxylic acids is 1. The van der Waals surface area contributed by atoms with Gasteiger partial charge in [0.05, 0.1) is 17.3 Å². The van der Waals surface area contributed by atoms with Crippen LogP contribution >= 0.6 is 11.6 Å². The van der Waals surface area contributed by atoms with Crippen molar-refractivity contribution in [1.82, 2.24) is 4.90 Å². The van der Waals surface area contributed by atoms with Crippen LogP contribution in [0.3, 0.4) is 0 Å². The van der Waals surface area contributed by atoms with E-state index in [2.05, 4.69) is 6.58 Å². The predicted octanol–water partition coefficient (Wildman–Crippen LogP) is 3.96. The third-order valence-corrected chi connectivity index (χ3v) is 6.75. The van der Waals surface area contributed by atoms with Gasteiger partial charge in [-0.15, -0.1) is 6.58 Å². The maximum absolute atomic E-state index is 13.3. The highest BCUT2D eigenvalue weighted by atomic mass is 35.5. The zero-order valence-electron chi connectivity index (χ0n) is 14.8. The first-order valence-corrected chi connectivity index (χ1v) is 10.5. The zero-order chi connectivity index (χ0) is 19.4. The lowest BCUT2D eigenvalue weighted by Crippen LogP contribution is -2.32. The van der Waals surface area contributed by atoms with Gasteiger partial charge in [-0.05, 0) is 43.2 Å². The largest absolute Gasteiger partial charge is 0.339 e. The number of halogens is 1. The first-order chi connectivity index (χ1) is 12.9. The molecule has 0 bridgehead atoms. The molecule has 1 fully saturated rings. The second kappa shape index (κ2) is 8.15. The fourth-order valence-electron chi connectivity index (χ4n) is 3.11. The van der Waals surface area contributed by atoms with Gasteiger partial charge in [-0.1, -0.05) is 35.9 Å². The number of hydrogen-bond acceptors (Lipinski definition) is 3. The monoisotopic (exact) mass is 404 g/mol. The minimum Gasteiger partial charge on any atom is -0.339 e. The van der Waals surface area contributed by atoms with Gasteiger partial charge in [-0.3, -0.25) is 9.10 Å². The number of rotatable bonds is 6. The molecule has 0 aromatic heterocycles. The Bertz CT molecular complexity index is 939. The van der Waals surface area contributed by atoms with Crippen molar-refractivity contribution in [3.63, 3.8) is 0 Å². The summed E-state index contributed by atoms with van der Waals surface area (Å²) in [6.45, 7) is 5.13. The third kappa shape index (κ3) is 4.01. The molecule has 0 N–H and O–H groups in total. The quantitative estimate of drug-likeness (QED) is 0.685. The Labute approximate surface area is 164 Å². The van der Waals surface area contributed by atoms with Crippen LogP contribution in [0.2, 0.25) is 5.02 Å².